The van der Waals surface area contributed by atoms with Crippen molar-refractivity contribution >= 4 is 6.21 Å². The van der Waals surface area contributed by atoms with Gasteiger partial charge in [-0.25, -0.2) is 0 Å². The van der Waals surface area contributed by atoms with E-state index in [1.165, 1.54) is 32.1 Å². The Kier molecular flexibility index (Phi) is 3.18. The first-order valence-electron chi connectivity index (χ1n) is 7.92. The molecule has 108 valence electrons. The second-order valence-electron chi connectivity index (χ2n) is 6.94. The van der Waals surface area contributed by atoms with Crippen molar-refractivity contribution in [2.24, 2.45) is 28.7 Å². The first-order chi connectivity index (χ1) is 9.81. The first kappa shape index (κ1) is 12.6. The fourth-order valence-electron chi connectivity index (χ4n) is 4.98. The van der Waals surface area contributed by atoms with E-state index in [9.17, 15) is 0 Å². The van der Waals surface area contributed by atoms with Crippen molar-refractivity contribution in [1.29, 1.82) is 0 Å². The molecule has 4 aliphatic rings. The summed E-state index contributed by atoms with van der Waals surface area (Å²) in [6.07, 6.45) is 9.13. The van der Waals surface area contributed by atoms with Gasteiger partial charge in [0, 0.05) is 7.11 Å². The second kappa shape index (κ2) is 5.03. The number of nitrogens with zero attached hydrogens (tertiary/aromatic N) is 1. The van der Waals surface area contributed by atoms with E-state index < -0.39 is 0 Å². The van der Waals surface area contributed by atoms with Crippen LogP contribution in [0.4, 0.5) is 0 Å². The van der Waals surface area contributed by atoms with Crippen LogP contribution in [-0.2, 0) is 11.3 Å². The third-order valence-corrected chi connectivity index (χ3v) is 5.52. The predicted molar refractivity (Wildman–Crippen MR) is 77.8 cm³/mol. The van der Waals surface area contributed by atoms with Gasteiger partial charge in [-0.05, 0) is 67.9 Å². The monoisotopic (exact) mass is 273 g/mol. The van der Waals surface area contributed by atoms with Gasteiger partial charge in [0.1, 0.15) is 18.1 Å². The van der Waals surface area contributed by atoms with Gasteiger partial charge in [-0.3, -0.25) is 4.99 Å². The fourth-order valence-corrected chi connectivity index (χ4v) is 4.98. The van der Waals surface area contributed by atoms with Crippen LogP contribution in [-0.4, -0.2) is 19.4 Å². The molecule has 0 aromatic carbocycles. The summed E-state index contributed by atoms with van der Waals surface area (Å²) in [6, 6.07) is 4.52. The van der Waals surface area contributed by atoms with E-state index in [1.807, 2.05) is 18.3 Å². The first-order valence-corrected chi connectivity index (χ1v) is 7.92. The molecule has 4 fully saturated rings. The van der Waals surface area contributed by atoms with E-state index in [2.05, 4.69) is 0 Å². The standard InChI is InChI=1S/C17H23NO2/c1-19-10-16-3-2-15(20-16)9-18-17-13-5-11-4-12(7-13)8-14(17)6-11/h2-3,9,11-14,17H,4-8,10H2,1H3. The molecule has 5 rings (SSSR count). The third-order valence-electron chi connectivity index (χ3n) is 5.52. The van der Waals surface area contributed by atoms with Crippen molar-refractivity contribution in [3.05, 3.63) is 23.7 Å². The second-order valence-corrected chi connectivity index (χ2v) is 6.94. The number of hydrogen-bond donors (Lipinski definition) is 0. The number of ether oxygens (including phenoxy) is 1. The number of furan rings is 1. The van der Waals surface area contributed by atoms with Crippen molar-refractivity contribution in [2.45, 2.75) is 44.8 Å². The maximum atomic E-state index is 5.69. The van der Waals surface area contributed by atoms with Gasteiger partial charge < -0.3 is 9.15 Å². The summed E-state index contributed by atoms with van der Waals surface area (Å²) in [4.78, 5) is 4.91. The number of rotatable bonds is 4. The number of methoxy groups -OCH3 is 1. The van der Waals surface area contributed by atoms with E-state index in [1.54, 1.807) is 7.11 Å². The van der Waals surface area contributed by atoms with Gasteiger partial charge in [-0.2, -0.15) is 0 Å². The molecular weight excluding hydrogens is 250 g/mol. The van der Waals surface area contributed by atoms with Gasteiger partial charge in [-0.1, -0.05) is 0 Å². The van der Waals surface area contributed by atoms with Gasteiger partial charge in [-0.15, -0.1) is 0 Å². The molecule has 3 nitrogen and oxygen atoms in total. The average Bonchev–Trinajstić information content (AvgIpc) is 2.85. The molecule has 1 aromatic heterocycles. The van der Waals surface area contributed by atoms with Crippen LogP contribution in [0.2, 0.25) is 0 Å². The maximum Gasteiger partial charge on any atom is 0.144 e. The van der Waals surface area contributed by atoms with Crippen LogP contribution in [0.1, 0.15) is 43.6 Å². The van der Waals surface area contributed by atoms with Crippen molar-refractivity contribution in [3.63, 3.8) is 0 Å². The molecule has 0 atom stereocenters. The molecule has 0 aliphatic heterocycles. The predicted octanol–water partition coefficient (Wildman–Crippen LogP) is 3.67. The fraction of sp³-hybridized carbons (Fsp3) is 0.706. The molecule has 0 radical (unpaired) electrons. The van der Waals surface area contributed by atoms with Crippen molar-refractivity contribution in [1.82, 2.24) is 0 Å². The van der Waals surface area contributed by atoms with Crippen LogP contribution in [0, 0.1) is 23.7 Å². The van der Waals surface area contributed by atoms with Gasteiger partial charge >= 0.3 is 0 Å². The van der Waals surface area contributed by atoms with Crippen LogP contribution in [0.3, 0.4) is 0 Å². The highest BCUT2D eigenvalue weighted by atomic mass is 16.5. The summed E-state index contributed by atoms with van der Waals surface area (Å²) >= 11 is 0. The summed E-state index contributed by atoms with van der Waals surface area (Å²) in [5.74, 6) is 5.46. The van der Waals surface area contributed by atoms with Crippen LogP contribution in [0.25, 0.3) is 0 Å². The zero-order chi connectivity index (χ0) is 13.5. The molecule has 4 saturated carbocycles. The normalized spacial score (nSPS) is 39.0. The summed E-state index contributed by atoms with van der Waals surface area (Å²) in [5, 5.41) is 0. The lowest BCUT2D eigenvalue weighted by molar-refractivity contribution is 0.00143. The topological polar surface area (TPSA) is 34.7 Å². The molecule has 3 heteroatoms. The molecule has 0 unspecified atom stereocenters. The zero-order valence-corrected chi connectivity index (χ0v) is 12.1. The van der Waals surface area contributed by atoms with Gasteiger partial charge in [0.2, 0.25) is 0 Å². The van der Waals surface area contributed by atoms with Gasteiger partial charge in [0.05, 0.1) is 12.3 Å². The van der Waals surface area contributed by atoms with E-state index in [0.29, 0.717) is 12.6 Å². The Bertz CT molecular complexity index is 477. The Balaban J connectivity index is 1.46. The highest BCUT2D eigenvalue weighted by Crippen LogP contribution is 2.54. The lowest BCUT2D eigenvalue weighted by Gasteiger charge is -2.53. The van der Waals surface area contributed by atoms with E-state index >= 15 is 0 Å². The molecule has 0 saturated heterocycles. The Morgan fingerprint density at radius 2 is 1.85 bits per heavy atom. The largest absolute Gasteiger partial charge is 0.458 e. The molecule has 20 heavy (non-hydrogen) atoms. The van der Waals surface area contributed by atoms with E-state index in [0.717, 1.165) is 35.2 Å². The minimum atomic E-state index is 0.534. The van der Waals surface area contributed by atoms with Crippen LogP contribution >= 0.6 is 0 Å². The summed E-state index contributed by atoms with van der Waals surface area (Å²) in [6.45, 7) is 0.534. The lowest BCUT2D eigenvalue weighted by atomic mass is 9.54. The highest BCUT2D eigenvalue weighted by Gasteiger charge is 2.47. The third kappa shape index (κ3) is 2.22. The Morgan fingerprint density at radius 1 is 1.15 bits per heavy atom. The van der Waals surface area contributed by atoms with Crippen molar-refractivity contribution < 1.29 is 9.15 Å². The number of hydrogen-bond acceptors (Lipinski definition) is 3. The lowest BCUT2D eigenvalue weighted by Crippen LogP contribution is -2.47. The van der Waals surface area contributed by atoms with Crippen LogP contribution < -0.4 is 0 Å². The Morgan fingerprint density at radius 3 is 2.50 bits per heavy atom. The van der Waals surface area contributed by atoms with Gasteiger partial charge in [0.25, 0.3) is 0 Å². The van der Waals surface area contributed by atoms with E-state index in [4.69, 9.17) is 14.1 Å². The molecule has 4 bridgehead atoms. The molecule has 1 heterocycles. The number of aliphatic imine (C=N–C) groups is 1. The molecule has 0 spiro atoms. The highest BCUT2D eigenvalue weighted by molar-refractivity contribution is 5.76. The zero-order valence-electron chi connectivity index (χ0n) is 12.1. The quantitative estimate of drug-likeness (QED) is 0.784. The van der Waals surface area contributed by atoms with E-state index in [-0.39, 0.29) is 0 Å². The molecule has 1 aromatic rings. The van der Waals surface area contributed by atoms with Crippen molar-refractivity contribution in [3.8, 4) is 0 Å². The minimum Gasteiger partial charge on any atom is -0.458 e. The SMILES string of the molecule is COCc1ccc(C=NC2C3CC4CC(C3)CC2C4)o1. The molecule has 0 N–H and O–H groups in total. The van der Waals surface area contributed by atoms with Crippen LogP contribution in [0.5, 0.6) is 0 Å². The summed E-state index contributed by atoms with van der Waals surface area (Å²) in [7, 11) is 1.69. The minimum absolute atomic E-state index is 0.534. The summed E-state index contributed by atoms with van der Waals surface area (Å²) < 4.78 is 10.8. The Labute approximate surface area is 120 Å². The van der Waals surface area contributed by atoms with Crippen molar-refractivity contribution in [2.75, 3.05) is 7.11 Å². The molecule has 0 amide bonds. The smallest absolute Gasteiger partial charge is 0.144 e. The Hall–Kier alpha value is -1.09. The van der Waals surface area contributed by atoms with Crippen LogP contribution in [0.15, 0.2) is 21.5 Å². The summed E-state index contributed by atoms with van der Waals surface area (Å²) in [5.41, 5.74) is 0. The van der Waals surface area contributed by atoms with Gasteiger partial charge in [0.15, 0.2) is 0 Å². The molecule has 4 aliphatic carbocycles. The molecular formula is C17H23NO2. The average molecular weight is 273 g/mol. The maximum absolute atomic E-state index is 5.69.